The maximum atomic E-state index is 7.76. The fraction of sp³-hybridized carbons (Fsp3) is 0.393. The van der Waals surface area contributed by atoms with Gasteiger partial charge in [-0.15, -0.1) is 0 Å². The van der Waals surface area contributed by atoms with Gasteiger partial charge in [-0.1, -0.05) is 87.4 Å². The first kappa shape index (κ1) is 42.5. The van der Waals surface area contributed by atoms with Crippen molar-refractivity contribution in [2.24, 2.45) is 23.7 Å². The number of fused-ring (bicyclic) bond motifs is 8. The third-order valence-corrected chi connectivity index (χ3v) is 15.6. The van der Waals surface area contributed by atoms with Gasteiger partial charge in [-0.3, -0.25) is 19.8 Å². The molecule has 3 aromatic heterocycles. The van der Waals surface area contributed by atoms with Crippen molar-refractivity contribution in [1.29, 1.82) is 0 Å². The van der Waals surface area contributed by atoms with Crippen LogP contribution >= 0.6 is 0 Å². The number of hydrogen-bond acceptors (Lipinski definition) is 10. The van der Waals surface area contributed by atoms with Crippen LogP contribution in [-0.4, -0.2) is 82.2 Å². The Morgan fingerprint density at radius 1 is 0.576 bits per heavy atom. The Morgan fingerprint density at radius 3 is 1.47 bits per heavy atom. The van der Waals surface area contributed by atoms with Gasteiger partial charge in [0.15, 0.2) is 5.82 Å². The molecule has 10 heteroatoms. The van der Waals surface area contributed by atoms with E-state index < -0.39 is 12.2 Å². The van der Waals surface area contributed by atoms with Crippen LogP contribution in [0.2, 0.25) is 0 Å². The summed E-state index contributed by atoms with van der Waals surface area (Å²) in [6, 6.07) is 37.4. The van der Waals surface area contributed by atoms with Crippen LogP contribution in [0.4, 0.5) is 0 Å². The maximum Gasteiger partial charge on any atom is 0.229 e. The minimum Gasteiger partial charge on any atom is -0.497 e. The number of nitrogens with zero attached hydrogens (tertiary/aromatic N) is 6. The summed E-state index contributed by atoms with van der Waals surface area (Å²) < 4.78 is 27.2. The summed E-state index contributed by atoms with van der Waals surface area (Å²) in [6.07, 6.45) is 9.90. The molecule has 9 heterocycles. The summed E-state index contributed by atoms with van der Waals surface area (Å²) >= 11 is 0. The number of ether oxygens (including phenoxy) is 4. The van der Waals surface area contributed by atoms with E-state index in [0.29, 0.717) is 41.3 Å². The van der Waals surface area contributed by atoms with Crippen molar-refractivity contribution >= 4 is 21.8 Å². The number of pyridine rings is 2. The molecular formula is C56H60N6O4. The van der Waals surface area contributed by atoms with Crippen LogP contribution in [0, 0.1) is 23.7 Å². The van der Waals surface area contributed by atoms with Crippen LogP contribution in [0.1, 0.15) is 75.7 Å². The monoisotopic (exact) mass is 880 g/mol. The largest absolute Gasteiger partial charge is 0.497 e. The van der Waals surface area contributed by atoms with Gasteiger partial charge in [0.05, 0.1) is 37.3 Å². The van der Waals surface area contributed by atoms with Crippen LogP contribution in [-0.2, 0) is 0 Å². The third kappa shape index (κ3) is 7.91. The molecule has 6 aliphatic heterocycles. The van der Waals surface area contributed by atoms with Crippen molar-refractivity contribution in [2.45, 2.75) is 76.7 Å². The normalized spacial score (nSPS) is 25.4. The SMILES string of the molecule is CCC1CN2CCC1C[C@@H]2[C@@H](Oc1nc(-c2ccccc2)nc(OC(c2ccnc3ccc(OC)cc23)C2C[C@H]3CCN2CC3CC)c1-c1ccccc1)c1ccnc2ccc(OC)cc12. The highest BCUT2D eigenvalue weighted by Gasteiger charge is 2.47. The molecule has 10 nitrogen and oxygen atoms in total. The van der Waals surface area contributed by atoms with E-state index in [-0.39, 0.29) is 12.1 Å². The van der Waals surface area contributed by atoms with Crippen molar-refractivity contribution < 1.29 is 18.9 Å². The van der Waals surface area contributed by atoms with E-state index in [1.165, 1.54) is 25.7 Å². The van der Waals surface area contributed by atoms with Gasteiger partial charge >= 0.3 is 0 Å². The molecule has 10 atom stereocenters. The van der Waals surface area contributed by atoms with Gasteiger partial charge in [-0.25, -0.2) is 0 Å². The van der Waals surface area contributed by atoms with E-state index in [9.17, 15) is 0 Å². The Balaban J connectivity index is 1.13. The van der Waals surface area contributed by atoms with E-state index in [2.05, 4.69) is 90.4 Å². The summed E-state index contributed by atoms with van der Waals surface area (Å²) in [6.45, 7) is 8.88. The first-order valence-corrected chi connectivity index (χ1v) is 24.2. The minimum atomic E-state index is -0.393. The fourth-order valence-corrected chi connectivity index (χ4v) is 12.1. The molecule has 6 fully saturated rings. The Labute approximate surface area is 388 Å². The topological polar surface area (TPSA) is 95.0 Å². The Kier molecular flexibility index (Phi) is 11.8. The lowest BCUT2D eigenvalue weighted by Gasteiger charge is -2.52. The van der Waals surface area contributed by atoms with E-state index in [4.69, 9.17) is 38.9 Å². The number of aromatic nitrogens is 4. The van der Waals surface area contributed by atoms with Crippen molar-refractivity contribution in [3.8, 4) is 45.8 Å². The van der Waals surface area contributed by atoms with Gasteiger partial charge in [-0.05, 0) is 117 Å². The van der Waals surface area contributed by atoms with Gasteiger partial charge in [-0.2, -0.15) is 9.97 Å². The smallest absolute Gasteiger partial charge is 0.229 e. The van der Waals surface area contributed by atoms with Gasteiger partial charge in [0.1, 0.15) is 29.3 Å². The maximum absolute atomic E-state index is 7.76. The number of rotatable bonds is 14. The molecule has 6 aliphatic rings. The molecule has 338 valence electrons. The van der Waals surface area contributed by atoms with Crippen molar-refractivity contribution in [2.75, 3.05) is 40.4 Å². The highest BCUT2D eigenvalue weighted by molar-refractivity contribution is 5.85. The molecule has 6 saturated heterocycles. The number of benzene rings is 4. The van der Waals surface area contributed by atoms with E-state index >= 15 is 0 Å². The van der Waals surface area contributed by atoms with Gasteiger partial charge in [0.25, 0.3) is 0 Å². The molecule has 7 unspecified atom stereocenters. The highest BCUT2D eigenvalue weighted by atomic mass is 16.5. The number of piperidine rings is 6. The van der Waals surface area contributed by atoms with Crippen LogP contribution < -0.4 is 18.9 Å². The fourth-order valence-electron chi connectivity index (χ4n) is 12.1. The summed E-state index contributed by atoms with van der Waals surface area (Å²) in [5.74, 6) is 5.70. The van der Waals surface area contributed by atoms with Crippen molar-refractivity contribution in [3.05, 3.63) is 133 Å². The molecule has 13 rings (SSSR count). The van der Waals surface area contributed by atoms with Crippen molar-refractivity contribution in [3.63, 3.8) is 0 Å². The molecule has 0 amide bonds. The van der Waals surface area contributed by atoms with Crippen LogP contribution in [0.3, 0.4) is 0 Å². The molecule has 0 aliphatic carbocycles. The molecule has 4 aromatic carbocycles. The quantitative estimate of drug-likeness (QED) is 0.105. The lowest BCUT2D eigenvalue weighted by molar-refractivity contribution is -0.0510. The molecule has 0 N–H and O–H groups in total. The molecule has 7 aromatic rings. The Morgan fingerprint density at radius 2 is 1.05 bits per heavy atom. The molecule has 0 spiro atoms. The number of methoxy groups -OCH3 is 2. The molecule has 66 heavy (non-hydrogen) atoms. The first-order valence-electron chi connectivity index (χ1n) is 24.2. The Bertz CT molecular complexity index is 2680. The second-order valence-corrected chi connectivity index (χ2v) is 18.9. The highest BCUT2D eigenvalue weighted by Crippen LogP contribution is 2.50. The predicted molar refractivity (Wildman–Crippen MR) is 260 cm³/mol. The predicted octanol–water partition coefficient (Wildman–Crippen LogP) is 11.4. The van der Waals surface area contributed by atoms with Crippen molar-refractivity contribution in [1.82, 2.24) is 29.7 Å². The summed E-state index contributed by atoms with van der Waals surface area (Å²) in [5, 5.41) is 2.02. The second kappa shape index (κ2) is 18.3. The lowest BCUT2D eigenvalue weighted by Crippen LogP contribution is -2.56. The van der Waals surface area contributed by atoms with Gasteiger partial charge in [0.2, 0.25) is 11.8 Å². The zero-order valence-electron chi connectivity index (χ0n) is 38.6. The number of hydrogen-bond donors (Lipinski definition) is 0. The molecule has 0 radical (unpaired) electrons. The lowest BCUT2D eigenvalue weighted by atomic mass is 9.72. The molecular weight excluding hydrogens is 821 g/mol. The summed E-state index contributed by atoms with van der Waals surface area (Å²) in [4.78, 5) is 26.0. The minimum absolute atomic E-state index is 0.106. The molecule has 0 saturated carbocycles. The Hall–Kier alpha value is -6.10. The van der Waals surface area contributed by atoms with E-state index in [1.807, 2.05) is 54.9 Å². The van der Waals surface area contributed by atoms with E-state index in [1.54, 1.807) is 14.2 Å². The second-order valence-electron chi connectivity index (χ2n) is 18.9. The van der Waals surface area contributed by atoms with Gasteiger partial charge < -0.3 is 18.9 Å². The zero-order chi connectivity index (χ0) is 44.7. The summed E-state index contributed by atoms with van der Waals surface area (Å²) in [7, 11) is 3.44. The van der Waals surface area contributed by atoms with Crippen LogP contribution in [0.15, 0.2) is 122 Å². The van der Waals surface area contributed by atoms with Crippen LogP contribution in [0.25, 0.3) is 44.3 Å². The molecule has 4 bridgehead atoms. The third-order valence-electron chi connectivity index (χ3n) is 15.6. The standard InChI is InChI=1S/C56H60N6O4/c1-5-35-33-61-27-23-39(35)29-49(61)52(43-21-25-57-47-19-17-41(63-3)31-45(43)47)65-55-51(37-13-9-7-10-14-37)56(60-54(59-55)38-15-11-8-12-16-38)66-53(50-30-40-24-28-62(50)34-36(40)6-2)44-22-26-58-48-20-18-42(64-4)32-46(44)48/h7-22,25-26,31-32,35-36,39-40,49-50,52-53H,5-6,23-24,27-30,33-34H2,1-4H3/t35?,36?,39-,40?,49?,50-,52?,53+/m1/s1. The zero-order valence-corrected chi connectivity index (χ0v) is 38.6. The first-order chi connectivity index (χ1) is 32.5. The average molecular weight is 881 g/mol. The van der Waals surface area contributed by atoms with Crippen LogP contribution in [0.5, 0.6) is 23.3 Å². The average Bonchev–Trinajstić information content (AvgIpc) is 3.39. The summed E-state index contributed by atoms with van der Waals surface area (Å²) in [5.41, 5.74) is 6.48. The van der Waals surface area contributed by atoms with E-state index in [0.717, 1.165) is 100 Å². The van der Waals surface area contributed by atoms with Gasteiger partial charge in [0, 0.05) is 52.9 Å².